The number of carbonyl (C=O) groups excluding carboxylic acids is 1. The number of alkyl halides is 1. The third kappa shape index (κ3) is 3.07. The van der Waals surface area contributed by atoms with Crippen LogP contribution in [0, 0.1) is 5.92 Å². The fraction of sp³-hybridized carbons (Fsp3) is 0.267. The molecule has 1 amide bonds. The molecular weight excluding hydrogens is 306 g/mol. The van der Waals surface area contributed by atoms with Crippen molar-refractivity contribution in [2.45, 2.75) is 6.92 Å². The van der Waals surface area contributed by atoms with E-state index in [4.69, 9.17) is 0 Å². The van der Waals surface area contributed by atoms with Crippen molar-refractivity contribution in [2.75, 3.05) is 11.9 Å². The minimum atomic E-state index is -0.240. The van der Waals surface area contributed by atoms with Crippen LogP contribution in [0.25, 0.3) is 10.8 Å². The van der Waals surface area contributed by atoms with Gasteiger partial charge in [-0.05, 0) is 17.4 Å². The first kappa shape index (κ1) is 13.9. The number of nitrogens with one attached hydrogen (secondary N) is 1. The first-order valence-corrected chi connectivity index (χ1v) is 7.30. The maximum Gasteiger partial charge on any atom is 0.255 e. The SMILES string of the molecule is CC(CBr)CNC(=O)c1ccc2ccccc2c1O. The topological polar surface area (TPSA) is 49.3 Å². The molecule has 2 N–H and O–H groups in total. The molecule has 0 saturated heterocycles. The van der Waals surface area contributed by atoms with Gasteiger partial charge in [0.05, 0.1) is 5.56 Å². The molecule has 0 heterocycles. The highest BCUT2D eigenvalue weighted by molar-refractivity contribution is 9.09. The van der Waals surface area contributed by atoms with Crippen molar-refractivity contribution >= 4 is 32.6 Å². The number of phenolic OH excluding ortho intramolecular Hbond substituents is 1. The van der Waals surface area contributed by atoms with Gasteiger partial charge in [-0.1, -0.05) is 53.2 Å². The molecule has 0 fully saturated rings. The van der Waals surface area contributed by atoms with E-state index in [0.29, 0.717) is 23.4 Å². The molecule has 1 unspecified atom stereocenters. The number of hydrogen-bond donors (Lipinski definition) is 2. The van der Waals surface area contributed by atoms with Crippen LogP contribution >= 0.6 is 15.9 Å². The van der Waals surface area contributed by atoms with Crippen LogP contribution in [0.15, 0.2) is 36.4 Å². The van der Waals surface area contributed by atoms with E-state index in [2.05, 4.69) is 21.2 Å². The molecule has 0 aromatic heterocycles. The minimum absolute atomic E-state index is 0.0436. The average Bonchev–Trinajstić information content (AvgIpc) is 2.45. The van der Waals surface area contributed by atoms with Gasteiger partial charge in [0, 0.05) is 17.3 Å². The van der Waals surface area contributed by atoms with E-state index in [1.54, 1.807) is 6.07 Å². The predicted molar refractivity (Wildman–Crippen MR) is 80.9 cm³/mol. The van der Waals surface area contributed by atoms with Crippen LogP contribution in [0.5, 0.6) is 5.75 Å². The Bertz CT molecular complexity index is 598. The summed E-state index contributed by atoms with van der Waals surface area (Å²) in [5.74, 6) is 0.157. The van der Waals surface area contributed by atoms with Crippen LogP contribution in [-0.2, 0) is 0 Å². The maximum atomic E-state index is 12.0. The fourth-order valence-electron chi connectivity index (χ4n) is 1.86. The Balaban J connectivity index is 2.25. The number of fused-ring (bicyclic) bond motifs is 1. The van der Waals surface area contributed by atoms with E-state index in [0.717, 1.165) is 10.7 Å². The standard InChI is InChI=1S/C15H16BrNO2/c1-10(8-16)9-17-15(19)13-7-6-11-4-2-3-5-12(11)14(13)18/h2-7,10,18H,8-9H2,1H3,(H,17,19). The second kappa shape index (κ2) is 6.06. The third-order valence-electron chi connectivity index (χ3n) is 3.02. The molecule has 3 nitrogen and oxygen atoms in total. The highest BCUT2D eigenvalue weighted by Crippen LogP contribution is 2.28. The van der Waals surface area contributed by atoms with Crippen LogP contribution in [-0.4, -0.2) is 22.9 Å². The second-order valence-corrected chi connectivity index (χ2v) is 5.30. The highest BCUT2D eigenvalue weighted by atomic mass is 79.9. The molecule has 2 aromatic rings. The fourth-order valence-corrected chi connectivity index (χ4v) is 2.08. The Morgan fingerprint density at radius 1 is 1.32 bits per heavy atom. The zero-order valence-electron chi connectivity index (χ0n) is 10.7. The number of carbonyl (C=O) groups is 1. The molecule has 0 spiro atoms. The Kier molecular flexibility index (Phi) is 4.43. The molecule has 1 atom stereocenters. The normalized spacial score (nSPS) is 12.3. The molecule has 0 bridgehead atoms. The molecule has 0 aliphatic heterocycles. The number of aromatic hydroxyl groups is 1. The van der Waals surface area contributed by atoms with Crippen molar-refractivity contribution in [2.24, 2.45) is 5.92 Å². The third-order valence-corrected chi connectivity index (χ3v) is 4.13. The van der Waals surface area contributed by atoms with Gasteiger partial charge in [-0.3, -0.25) is 4.79 Å². The lowest BCUT2D eigenvalue weighted by Crippen LogP contribution is -2.28. The monoisotopic (exact) mass is 321 g/mol. The average molecular weight is 322 g/mol. The summed E-state index contributed by atoms with van der Waals surface area (Å²) in [5.41, 5.74) is 0.320. The summed E-state index contributed by atoms with van der Waals surface area (Å²) in [6.45, 7) is 2.62. The Morgan fingerprint density at radius 3 is 2.79 bits per heavy atom. The van der Waals surface area contributed by atoms with Crippen molar-refractivity contribution in [3.8, 4) is 5.75 Å². The molecule has 0 aliphatic carbocycles. The molecule has 4 heteroatoms. The summed E-state index contributed by atoms with van der Waals surface area (Å²) in [4.78, 5) is 12.0. The van der Waals surface area contributed by atoms with E-state index >= 15 is 0 Å². The molecular formula is C15H16BrNO2. The molecule has 0 aliphatic rings. The van der Waals surface area contributed by atoms with Crippen LogP contribution < -0.4 is 5.32 Å². The summed E-state index contributed by atoms with van der Waals surface area (Å²) in [6, 6.07) is 11.0. The summed E-state index contributed by atoms with van der Waals surface area (Å²) in [7, 11) is 0. The zero-order chi connectivity index (χ0) is 13.8. The molecule has 100 valence electrons. The predicted octanol–water partition coefficient (Wildman–Crippen LogP) is 3.31. The van der Waals surface area contributed by atoms with Crippen LogP contribution in [0.2, 0.25) is 0 Å². The summed E-state index contributed by atoms with van der Waals surface area (Å²) in [6.07, 6.45) is 0. The van der Waals surface area contributed by atoms with Crippen molar-refractivity contribution in [3.63, 3.8) is 0 Å². The first-order valence-electron chi connectivity index (χ1n) is 6.18. The second-order valence-electron chi connectivity index (χ2n) is 4.65. The Labute approximate surface area is 120 Å². The van der Waals surface area contributed by atoms with Gasteiger partial charge in [-0.15, -0.1) is 0 Å². The van der Waals surface area contributed by atoms with Crippen molar-refractivity contribution in [3.05, 3.63) is 42.0 Å². The number of halogens is 1. The molecule has 19 heavy (non-hydrogen) atoms. The van der Waals surface area contributed by atoms with Crippen molar-refractivity contribution in [1.82, 2.24) is 5.32 Å². The van der Waals surface area contributed by atoms with Crippen molar-refractivity contribution in [1.29, 1.82) is 0 Å². The lowest BCUT2D eigenvalue weighted by Gasteiger charge is -2.11. The number of benzene rings is 2. The molecule has 0 saturated carbocycles. The largest absolute Gasteiger partial charge is 0.506 e. The van der Waals surface area contributed by atoms with Gasteiger partial charge in [0.1, 0.15) is 5.75 Å². The van der Waals surface area contributed by atoms with Crippen molar-refractivity contribution < 1.29 is 9.90 Å². The van der Waals surface area contributed by atoms with E-state index in [1.165, 1.54) is 0 Å². The van der Waals surface area contributed by atoms with E-state index in [1.807, 2.05) is 37.3 Å². The summed E-state index contributed by atoms with van der Waals surface area (Å²) < 4.78 is 0. The van der Waals surface area contributed by atoms with E-state index in [-0.39, 0.29) is 11.7 Å². The molecule has 0 radical (unpaired) electrons. The van der Waals surface area contributed by atoms with Gasteiger partial charge in [-0.25, -0.2) is 0 Å². The van der Waals surface area contributed by atoms with E-state index in [9.17, 15) is 9.90 Å². The zero-order valence-corrected chi connectivity index (χ0v) is 12.3. The minimum Gasteiger partial charge on any atom is -0.506 e. The lowest BCUT2D eigenvalue weighted by molar-refractivity contribution is 0.0947. The summed E-state index contributed by atoms with van der Waals surface area (Å²) in [5, 5.41) is 15.4. The Morgan fingerprint density at radius 2 is 2.05 bits per heavy atom. The highest BCUT2D eigenvalue weighted by Gasteiger charge is 2.13. The number of phenols is 1. The van der Waals surface area contributed by atoms with Gasteiger partial charge in [0.25, 0.3) is 5.91 Å². The lowest BCUT2D eigenvalue weighted by atomic mass is 10.0. The number of amides is 1. The quantitative estimate of drug-likeness (QED) is 0.849. The van der Waals surface area contributed by atoms with Gasteiger partial charge in [-0.2, -0.15) is 0 Å². The smallest absolute Gasteiger partial charge is 0.255 e. The number of hydrogen-bond acceptors (Lipinski definition) is 2. The van der Waals surface area contributed by atoms with Gasteiger partial charge in [0.15, 0.2) is 0 Å². The van der Waals surface area contributed by atoms with Crippen LogP contribution in [0.3, 0.4) is 0 Å². The van der Waals surface area contributed by atoms with Gasteiger partial charge >= 0.3 is 0 Å². The Hall–Kier alpha value is -1.55. The molecule has 2 aromatic carbocycles. The first-order chi connectivity index (χ1) is 9.13. The van der Waals surface area contributed by atoms with E-state index < -0.39 is 0 Å². The van der Waals surface area contributed by atoms with Crippen LogP contribution in [0.1, 0.15) is 17.3 Å². The molecule has 2 rings (SSSR count). The van der Waals surface area contributed by atoms with Gasteiger partial charge in [0.2, 0.25) is 0 Å². The maximum absolute atomic E-state index is 12.0. The van der Waals surface area contributed by atoms with Crippen LogP contribution in [0.4, 0.5) is 0 Å². The van der Waals surface area contributed by atoms with Gasteiger partial charge < -0.3 is 10.4 Å². The summed E-state index contributed by atoms with van der Waals surface area (Å²) >= 11 is 3.37. The number of rotatable bonds is 4.